The summed E-state index contributed by atoms with van der Waals surface area (Å²) in [6, 6.07) is 1.10. The van der Waals surface area contributed by atoms with Gasteiger partial charge < -0.3 is 0 Å². The molecule has 146 valence electrons. The maximum absolute atomic E-state index is 5.86. The minimum Gasteiger partial charge on any atom is -0.150 e. The van der Waals surface area contributed by atoms with Gasteiger partial charge in [-0.2, -0.15) is 22.2 Å². The van der Waals surface area contributed by atoms with Crippen molar-refractivity contribution >= 4 is 52.2 Å². The minimum absolute atomic E-state index is 1.10. The van der Waals surface area contributed by atoms with Gasteiger partial charge in [0.15, 0.2) is 0 Å². The number of unbranched alkanes of at least 4 members (excludes halogenated alkanes) is 17. The quantitative estimate of drug-likeness (QED) is 0.0507. The molecule has 0 rings (SSSR count). The molecule has 0 atom stereocenters. The van der Waals surface area contributed by atoms with Crippen molar-refractivity contribution in [3.05, 3.63) is 0 Å². The van der Waals surface area contributed by atoms with Crippen LogP contribution in [0.15, 0.2) is 0 Å². The van der Waals surface area contributed by atoms with E-state index in [1.165, 1.54) is 120 Å². The highest BCUT2D eigenvalue weighted by Gasteiger charge is 2.00. The molecule has 0 aromatic heterocycles. The summed E-state index contributed by atoms with van der Waals surface area (Å²) in [6.07, 6.45) is 25.8. The molecule has 0 spiro atoms. The second-order valence-corrected chi connectivity index (χ2v) is 13.5. The molecule has 0 aliphatic rings. The Labute approximate surface area is 177 Å². The van der Waals surface area contributed by atoms with Crippen molar-refractivity contribution in [3.63, 3.8) is 0 Å². The van der Waals surface area contributed by atoms with Gasteiger partial charge in [0.1, 0.15) is 0 Å². The van der Waals surface area contributed by atoms with Gasteiger partial charge in [0.2, 0.25) is 7.42 Å². The molecule has 0 N–H and O–H groups in total. The van der Waals surface area contributed by atoms with Gasteiger partial charge in [0, 0.05) is 0 Å². The number of halogens is 3. The van der Waals surface area contributed by atoms with E-state index >= 15 is 0 Å². The molecule has 24 heavy (non-hydrogen) atoms. The molecule has 0 amide bonds. The molecule has 0 aliphatic heterocycles. The van der Waals surface area contributed by atoms with Gasteiger partial charge in [-0.3, -0.25) is 0 Å². The van der Waals surface area contributed by atoms with Crippen molar-refractivity contribution in [2.24, 2.45) is 0 Å². The number of rotatable bonds is 20. The molecule has 0 saturated carbocycles. The van der Waals surface area contributed by atoms with Crippen LogP contribution in [-0.2, 0) is 0 Å². The van der Waals surface area contributed by atoms with Crippen molar-refractivity contribution in [3.8, 4) is 0 Å². The van der Waals surface area contributed by atoms with Gasteiger partial charge in [-0.1, -0.05) is 132 Å². The average Bonchev–Trinajstić information content (AvgIpc) is 2.56. The molecule has 0 aromatic carbocycles. The zero-order valence-corrected chi connectivity index (χ0v) is 20.7. The van der Waals surface area contributed by atoms with Crippen LogP contribution in [0.2, 0.25) is 6.04 Å². The number of hydrogen-bond donors (Lipinski definition) is 0. The van der Waals surface area contributed by atoms with E-state index in [0.717, 1.165) is 6.04 Å². The summed E-state index contributed by atoms with van der Waals surface area (Å²) >= 11 is 14.2. The molecular formula is C20H41Cl2ISi. The lowest BCUT2D eigenvalue weighted by atomic mass is 10.0. The molecule has 0 aliphatic carbocycles. The fraction of sp³-hybridized carbons (Fsp3) is 1.00. The van der Waals surface area contributed by atoms with Crippen LogP contribution < -0.4 is 0 Å². The molecule has 0 radical (unpaired) electrons. The van der Waals surface area contributed by atoms with Crippen LogP contribution in [0.25, 0.3) is 0 Å². The van der Waals surface area contributed by atoms with E-state index in [-0.39, 0.29) is 0 Å². The Kier molecular flexibility index (Phi) is 24.0. The first-order valence-electron chi connectivity index (χ1n) is 10.6. The van der Waals surface area contributed by atoms with Crippen LogP contribution >= 0.6 is 44.7 Å². The Balaban J connectivity index is 2.95. The minimum atomic E-state index is -1.32. The maximum Gasteiger partial charge on any atom is 0.237 e. The van der Waals surface area contributed by atoms with E-state index in [1.807, 2.05) is 0 Å². The van der Waals surface area contributed by atoms with Crippen molar-refractivity contribution in [1.29, 1.82) is 0 Å². The number of hydrogen-bond acceptors (Lipinski definition) is 0. The predicted molar refractivity (Wildman–Crippen MR) is 126 cm³/mol. The monoisotopic (exact) mass is 506 g/mol. The molecule has 0 nitrogen and oxygen atoms in total. The lowest BCUT2D eigenvalue weighted by Crippen LogP contribution is -1.91. The van der Waals surface area contributed by atoms with Crippen molar-refractivity contribution in [2.45, 2.75) is 122 Å². The van der Waals surface area contributed by atoms with E-state index in [2.05, 4.69) is 22.6 Å². The van der Waals surface area contributed by atoms with Gasteiger partial charge in [0.25, 0.3) is 0 Å². The molecule has 0 saturated heterocycles. The van der Waals surface area contributed by atoms with Gasteiger partial charge >= 0.3 is 0 Å². The highest BCUT2D eigenvalue weighted by molar-refractivity contribution is 14.1. The van der Waals surface area contributed by atoms with Crippen molar-refractivity contribution in [1.82, 2.24) is 0 Å². The summed E-state index contributed by atoms with van der Waals surface area (Å²) in [5.74, 6) is 0. The first-order chi connectivity index (χ1) is 11.8. The largest absolute Gasteiger partial charge is 0.237 e. The highest BCUT2D eigenvalue weighted by atomic mass is 127. The van der Waals surface area contributed by atoms with Crippen LogP contribution in [0.5, 0.6) is 0 Å². The molecule has 0 bridgehead atoms. The third-order valence-electron chi connectivity index (χ3n) is 4.81. The average molecular weight is 507 g/mol. The topological polar surface area (TPSA) is 0 Å². The molecule has 4 heteroatoms. The summed E-state index contributed by atoms with van der Waals surface area (Å²) in [5, 5.41) is 0. The van der Waals surface area contributed by atoms with Crippen molar-refractivity contribution in [2.75, 3.05) is 4.43 Å². The Morgan fingerprint density at radius 1 is 0.417 bits per heavy atom. The van der Waals surface area contributed by atoms with Crippen LogP contribution in [0, 0.1) is 0 Å². The first-order valence-corrected chi connectivity index (χ1v) is 16.4. The van der Waals surface area contributed by atoms with Crippen LogP contribution in [0.4, 0.5) is 0 Å². The van der Waals surface area contributed by atoms with Gasteiger partial charge in [-0.05, 0) is 16.9 Å². The summed E-state index contributed by atoms with van der Waals surface area (Å²) in [7, 11) is -1.32. The third-order valence-corrected chi connectivity index (χ3v) is 7.72. The van der Waals surface area contributed by atoms with Crippen LogP contribution in [-0.4, -0.2) is 11.8 Å². The normalized spacial score (nSPS) is 11.5. The molecule has 0 aromatic rings. The van der Waals surface area contributed by atoms with E-state index in [9.17, 15) is 0 Å². The predicted octanol–water partition coefficient (Wildman–Crippen LogP) is 9.14. The Morgan fingerprint density at radius 3 is 0.917 bits per heavy atom. The lowest BCUT2D eigenvalue weighted by Gasteiger charge is -2.04. The van der Waals surface area contributed by atoms with Gasteiger partial charge in [-0.15, -0.1) is 0 Å². The van der Waals surface area contributed by atoms with E-state index in [1.54, 1.807) is 0 Å². The van der Waals surface area contributed by atoms with E-state index in [4.69, 9.17) is 22.2 Å². The molecule has 0 heterocycles. The molecular weight excluding hydrogens is 466 g/mol. The Hall–Kier alpha value is 1.53. The summed E-state index contributed by atoms with van der Waals surface area (Å²) < 4.78 is 1.34. The lowest BCUT2D eigenvalue weighted by molar-refractivity contribution is 0.527. The third kappa shape index (κ3) is 23.5. The summed E-state index contributed by atoms with van der Waals surface area (Å²) in [6.45, 7) is 0. The SMILES string of the molecule is Cl[SiH](Cl)CCCCCCCCCCCCCCCCCCCCI. The zero-order valence-electron chi connectivity index (χ0n) is 15.9. The number of alkyl halides is 1. The second-order valence-electron chi connectivity index (χ2n) is 7.23. The van der Waals surface area contributed by atoms with Crippen LogP contribution in [0.3, 0.4) is 0 Å². The maximum atomic E-state index is 5.86. The fourth-order valence-corrected chi connectivity index (χ4v) is 5.28. The Morgan fingerprint density at radius 2 is 0.667 bits per heavy atom. The van der Waals surface area contributed by atoms with E-state index in [0.29, 0.717) is 0 Å². The summed E-state index contributed by atoms with van der Waals surface area (Å²) in [4.78, 5) is 0. The molecule has 0 unspecified atom stereocenters. The van der Waals surface area contributed by atoms with Crippen molar-refractivity contribution < 1.29 is 0 Å². The summed E-state index contributed by atoms with van der Waals surface area (Å²) in [5.41, 5.74) is 0. The Bertz CT molecular complexity index is 228. The standard InChI is InChI=1S/C20H41Cl2ISi/c21-24(22)20-18-16-14-12-10-8-6-4-2-1-3-5-7-9-11-13-15-17-19-23/h24H,1-20H2. The van der Waals surface area contributed by atoms with E-state index < -0.39 is 7.42 Å². The smallest absolute Gasteiger partial charge is 0.150 e. The highest BCUT2D eigenvalue weighted by Crippen LogP contribution is 2.15. The van der Waals surface area contributed by atoms with Gasteiger partial charge in [0.05, 0.1) is 0 Å². The second kappa shape index (κ2) is 22.6. The zero-order chi connectivity index (χ0) is 17.7. The fourth-order valence-electron chi connectivity index (χ4n) is 3.22. The van der Waals surface area contributed by atoms with Crippen LogP contribution in [0.1, 0.15) is 116 Å². The molecule has 0 fully saturated rings. The van der Waals surface area contributed by atoms with Gasteiger partial charge in [-0.25, -0.2) is 0 Å². The first kappa shape index (κ1) is 25.5.